The van der Waals surface area contributed by atoms with Crippen molar-refractivity contribution in [3.63, 3.8) is 0 Å². The second-order valence-corrected chi connectivity index (χ2v) is 4.15. The third-order valence-electron chi connectivity index (χ3n) is 3.12. The number of carbonyl (C=O) groups is 1. The number of rotatable bonds is 4. The molecule has 0 aliphatic carbocycles. The Hall–Kier alpha value is -1.23. The van der Waals surface area contributed by atoms with E-state index in [-0.39, 0.29) is 6.67 Å². The summed E-state index contributed by atoms with van der Waals surface area (Å²) < 4.78 is 12.1. The molecule has 1 aliphatic heterocycles. The summed E-state index contributed by atoms with van der Waals surface area (Å²) in [6, 6.07) is 0. The summed E-state index contributed by atoms with van der Waals surface area (Å²) in [6.45, 7) is 2.07. The highest BCUT2D eigenvalue weighted by Gasteiger charge is 2.22. The predicted molar refractivity (Wildman–Crippen MR) is 58.4 cm³/mol. The quantitative estimate of drug-likeness (QED) is 0.787. The Morgan fingerprint density at radius 3 is 2.88 bits per heavy atom. The number of imidazole rings is 1. The average molecular weight is 225 g/mol. The Labute approximate surface area is 93.9 Å². The van der Waals surface area contributed by atoms with Gasteiger partial charge >= 0.3 is 0 Å². The van der Waals surface area contributed by atoms with Gasteiger partial charge in [-0.05, 0) is 25.9 Å². The van der Waals surface area contributed by atoms with Gasteiger partial charge in [-0.15, -0.1) is 0 Å². The Morgan fingerprint density at radius 2 is 2.31 bits per heavy atom. The highest BCUT2D eigenvalue weighted by Crippen LogP contribution is 2.25. The van der Waals surface area contributed by atoms with Gasteiger partial charge in [-0.1, -0.05) is 0 Å². The van der Waals surface area contributed by atoms with Gasteiger partial charge in [0.2, 0.25) is 0 Å². The van der Waals surface area contributed by atoms with Crippen LogP contribution in [0.5, 0.6) is 0 Å². The molecule has 4 nitrogen and oxygen atoms in total. The fourth-order valence-corrected chi connectivity index (χ4v) is 2.17. The number of hydrogen-bond acceptors (Lipinski definition) is 3. The van der Waals surface area contributed by atoms with Crippen molar-refractivity contribution in [3.05, 3.63) is 17.7 Å². The van der Waals surface area contributed by atoms with Crippen LogP contribution in [0.1, 0.15) is 35.1 Å². The number of aromatic nitrogens is 2. The van der Waals surface area contributed by atoms with Crippen LogP contribution < -0.4 is 0 Å². The number of nitrogens with zero attached hydrogens (tertiary/aromatic N) is 2. The minimum Gasteiger partial charge on any atom is -0.340 e. The number of carbonyl (C=O) groups excluding carboxylic acids is 1. The van der Waals surface area contributed by atoms with Crippen LogP contribution in [0, 0.1) is 0 Å². The van der Waals surface area contributed by atoms with Crippen molar-refractivity contribution in [3.8, 4) is 0 Å². The molecule has 0 spiro atoms. The lowest BCUT2D eigenvalue weighted by Crippen LogP contribution is -2.34. The van der Waals surface area contributed by atoms with E-state index in [1.165, 1.54) is 0 Å². The summed E-state index contributed by atoms with van der Waals surface area (Å²) in [5, 5.41) is 0. The zero-order valence-electron chi connectivity index (χ0n) is 9.16. The fraction of sp³-hybridized carbons (Fsp3) is 0.636. The van der Waals surface area contributed by atoms with E-state index in [2.05, 4.69) is 14.9 Å². The summed E-state index contributed by atoms with van der Waals surface area (Å²) in [6.07, 6.45) is 4.29. The second kappa shape index (κ2) is 5.21. The smallest absolute Gasteiger partial charge is 0.167 e. The summed E-state index contributed by atoms with van der Waals surface area (Å²) >= 11 is 0. The van der Waals surface area contributed by atoms with Gasteiger partial charge in [0.25, 0.3) is 0 Å². The average Bonchev–Trinajstić information content (AvgIpc) is 2.79. The Bertz CT molecular complexity index is 345. The van der Waals surface area contributed by atoms with Crippen molar-refractivity contribution < 1.29 is 9.18 Å². The largest absolute Gasteiger partial charge is 0.340 e. The van der Waals surface area contributed by atoms with Crippen molar-refractivity contribution in [2.24, 2.45) is 0 Å². The summed E-state index contributed by atoms with van der Waals surface area (Å²) in [7, 11) is 0. The Balaban J connectivity index is 1.91. The third kappa shape index (κ3) is 2.47. The van der Waals surface area contributed by atoms with Gasteiger partial charge in [0, 0.05) is 12.5 Å². The van der Waals surface area contributed by atoms with Crippen LogP contribution in [0.25, 0.3) is 0 Å². The molecular weight excluding hydrogens is 209 g/mol. The van der Waals surface area contributed by atoms with Crippen molar-refractivity contribution in [1.29, 1.82) is 0 Å². The van der Waals surface area contributed by atoms with E-state index in [9.17, 15) is 9.18 Å². The van der Waals surface area contributed by atoms with E-state index in [1.54, 1.807) is 6.20 Å². The maximum atomic E-state index is 12.1. The van der Waals surface area contributed by atoms with Gasteiger partial charge < -0.3 is 9.88 Å². The lowest BCUT2D eigenvalue weighted by molar-refractivity contribution is 0.111. The molecular formula is C11H16FN3O. The first-order chi connectivity index (χ1) is 7.83. The number of piperidine rings is 1. The molecule has 1 aliphatic rings. The van der Waals surface area contributed by atoms with Crippen LogP contribution in [-0.2, 0) is 0 Å². The molecule has 0 aromatic carbocycles. The van der Waals surface area contributed by atoms with Crippen LogP contribution in [-0.4, -0.2) is 47.5 Å². The predicted octanol–water partition coefficient (Wildman–Crippen LogP) is 1.37. The highest BCUT2D eigenvalue weighted by molar-refractivity contribution is 5.71. The fourth-order valence-electron chi connectivity index (χ4n) is 2.17. The molecule has 16 heavy (non-hydrogen) atoms. The maximum absolute atomic E-state index is 12.1. The number of hydrogen-bond donors (Lipinski definition) is 1. The first-order valence-corrected chi connectivity index (χ1v) is 5.62. The summed E-state index contributed by atoms with van der Waals surface area (Å²) in [5.41, 5.74) is 0.529. The summed E-state index contributed by atoms with van der Waals surface area (Å²) in [5.74, 6) is 1.27. The van der Waals surface area contributed by atoms with Crippen LogP contribution in [0.4, 0.5) is 4.39 Å². The van der Waals surface area contributed by atoms with Gasteiger partial charge in [0.1, 0.15) is 12.5 Å². The van der Waals surface area contributed by atoms with E-state index < -0.39 is 0 Å². The van der Waals surface area contributed by atoms with Gasteiger partial charge in [-0.25, -0.2) is 9.37 Å². The number of aromatic amines is 1. The lowest BCUT2D eigenvalue weighted by atomic mass is 9.96. The SMILES string of the molecule is O=Cc1cnc(C2CCN(CCF)CC2)[nH]1. The molecule has 1 saturated heterocycles. The number of H-pyrrole nitrogens is 1. The van der Waals surface area contributed by atoms with Crippen LogP contribution in [0.3, 0.4) is 0 Å². The molecule has 0 bridgehead atoms. The first-order valence-electron chi connectivity index (χ1n) is 5.62. The van der Waals surface area contributed by atoms with E-state index >= 15 is 0 Å². The van der Waals surface area contributed by atoms with Crippen LogP contribution in [0.2, 0.25) is 0 Å². The Morgan fingerprint density at radius 1 is 1.56 bits per heavy atom. The van der Waals surface area contributed by atoms with Crippen molar-refractivity contribution in [1.82, 2.24) is 14.9 Å². The standard InChI is InChI=1S/C11H16FN3O/c12-3-6-15-4-1-9(2-5-15)11-13-7-10(8-16)14-11/h7-9H,1-6H2,(H,13,14). The molecule has 0 radical (unpaired) electrons. The number of halogens is 1. The number of aldehydes is 1. The van der Waals surface area contributed by atoms with Crippen molar-refractivity contribution >= 4 is 6.29 Å². The number of nitrogens with one attached hydrogen (secondary N) is 1. The van der Waals surface area contributed by atoms with E-state index in [1.807, 2.05) is 0 Å². The molecule has 1 aromatic heterocycles. The lowest BCUT2D eigenvalue weighted by Gasteiger charge is -2.30. The molecule has 88 valence electrons. The first kappa shape index (κ1) is 11.3. The molecule has 0 saturated carbocycles. The van der Waals surface area contributed by atoms with E-state index in [0.717, 1.165) is 38.0 Å². The second-order valence-electron chi connectivity index (χ2n) is 4.15. The van der Waals surface area contributed by atoms with Crippen molar-refractivity contribution in [2.75, 3.05) is 26.3 Å². The maximum Gasteiger partial charge on any atom is 0.167 e. The Kier molecular flexibility index (Phi) is 3.66. The highest BCUT2D eigenvalue weighted by atomic mass is 19.1. The van der Waals surface area contributed by atoms with Crippen LogP contribution >= 0.6 is 0 Å². The van der Waals surface area contributed by atoms with Crippen LogP contribution in [0.15, 0.2) is 6.20 Å². The van der Waals surface area contributed by atoms with Gasteiger partial charge in [0.15, 0.2) is 6.29 Å². The monoisotopic (exact) mass is 225 g/mol. The molecule has 2 heterocycles. The number of alkyl halides is 1. The topological polar surface area (TPSA) is 49.0 Å². The minimum absolute atomic E-state index is 0.277. The van der Waals surface area contributed by atoms with Crippen molar-refractivity contribution in [2.45, 2.75) is 18.8 Å². The van der Waals surface area contributed by atoms with Gasteiger partial charge in [-0.3, -0.25) is 4.79 Å². The molecule has 0 atom stereocenters. The molecule has 1 N–H and O–H groups in total. The molecule has 1 aromatic rings. The van der Waals surface area contributed by atoms with E-state index in [4.69, 9.17) is 0 Å². The summed E-state index contributed by atoms with van der Waals surface area (Å²) in [4.78, 5) is 19.9. The molecule has 2 rings (SSSR count). The van der Waals surface area contributed by atoms with Gasteiger partial charge in [-0.2, -0.15) is 0 Å². The minimum atomic E-state index is -0.277. The zero-order valence-corrected chi connectivity index (χ0v) is 9.16. The normalized spacial score (nSPS) is 18.8. The third-order valence-corrected chi connectivity index (χ3v) is 3.12. The van der Waals surface area contributed by atoms with Gasteiger partial charge in [0.05, 0.1) is 11.9 Å². The zero-order chi connectivity index (χ0) is 11.4. The molecule has 1 fully saturated rings. The number of likely N-dealkylation sites (tertiary alicyclic amines) is 1. The molecule has 0 amide bonds. The van der Waals surface area contributed by atoms with E-state index in [0.29, 0.717) is 18.2 Å². The molecule has 5 heteroatoms. The molecule has 0 unspecified atom stereocenters.